The zero-order chi connectivity index (χ0) is 29.3. The summed E-state index contributed by atoms with van der Waals surface area (Å²) in [6, 6.07) is 26.3. The zero-order valence-corrected chi connectivity index (χ0v) is 25.3. The number of benzene rings is 3. The Bertz CT molecular complexity index is 1590. The fourth-order valence-electron chi connectivity index (χ4n) is 4.65. The van der Waals surface area contributed by atoms with Crippen molar-refractivity contribution in [1.29, 1.82) is 0 Å². The summed E-state index contributed by atoms with van der Waals surface area (Å²) in [5.41, 5.74) is 5.23. The van der Waals surface area contributed by atoms with Gasteiger partial charge in [0.1, 0.15) is 11.6 Å². The number of nitrogens with zero attached hydrogens (tertiary/aromatic N) is 3. The number of anilines is 1. The van der Waals surface area contributed by atoms with Crippen molar-refractivity contribution in [2.24, 2.45) is 7.05 Å². The normalized spacial score (nSPS) is 11.8. The predicted octanol–water partition coefficient (Wildman–Crippen LogP) is 7.43. The van der Waals surface area contributed by atoms with E-state index in [2.05, 4.69) is 62.7 Å². The van der Waals surface area contributed by atoms with E-state index in [9.17, 15) is 9.90 Å². The number of nitrogens with one attached hydrogen (secondary N) is 1. The molecule has 0 amide bonds. The Kier molecular flexibility index (Phi) is 9.94. The molecule has 0 aliphatic heterocycles. The van der Waals surface area contributed by atoms with Crippen LogP contribution in [0.1, 0.15) is 47.3 Å². The van der Waals surface area contributed by atoms with E-state index in [0.29, 0.717) is 19.6 Å². The average molecular weight is 599 g/mol. The molecule has 5 rings (SSSR count). The number of hydrogen-bond donors (Lipinski definition) is 2. The van der Waals surface area contributed by atoms with Crippen LogP contribution in [0.4, 0.5) is 5.69 Å². The molecule has 3 aromatic carbocycles. The molecule has 42 heavy (non-hydrogen) atoms. The van der Waals surface area contributed by atoms with E-state index < -0.39 is 11.9 Å². The molecule has 0 saturated carbocycles. The average Bonchev–Trinajstić information content (AvgIpc) is 3.64. The second kappa shape index (κ2) is 14.2. The van der Waals surface area contributed by atoms with Crippen LogP contribution >= 0.6 is 23.1 Å². The van der Waals surface area contributed by atoms with Crippen molar-refractivity contribution in [2.75, 3.05) is 11.9 Å². The van der Waals surface area contributed by atoms with E-state index in [4.69, 9.17) is 4.74 Å². The number of carboxylic acid groups (broad SMARTS) is 1. The summed E-state index contributed by atoms with van der Waals surface area (Å²) < 4.78 is 8.39. The summed E-state index contributed by atoms with van der Waals surface area (Å²) in [5, 5.41) is 26.8. The third-order valence-electron chi connectivity index (χ3n) is 7.11. The maximum atomic E-state index is 11.5. The molecule has 0 radical (unpaired) electrons. The van der Waals surface area contributed by atoms with Crippen molar-refractivity contribution >= 4 is 34.8 Å². The van der Waals surface area contributed by atoms with E-state index in [0.717, 1.165) is 51.3 Å². The third-order valence-corrected chi connectivity index (χ3v) is 8.87. The Morgan fingerprint density at radius 3 is 2.57 bits per heavy atom. The lowest BCUT2D eigenvalue weighted by Gasteiger charge is -2.15. The van der Waals surface area contributed by atoms with Gasteiger partial charge in [0.2, 0.25) is 0 Å². The van der Waals surface area contributed by atoms with Crippen LogP contribution < -0.4 is 10.1 Å². The highest BCUT2D eigenvalue weighted by molar-refractivity contribution is 7.99. The number of hydrogen-bond acceptors (Lipinski definition) is 7. The molecule has 1 unspecified atom stereocenters. The number of carbonyl (C=O) groups is 1. The first kappa shape index (κ1) is 29.4. The van der Waals surface area contributed by atoms with Gasteiger partial charge in [-0.3, -0.25) is 4.79 Å². The molecule has 0 spiro atoms. The molecule has 5 aromatic rings. The van der Waals surface area contributed by atoms with Crippen LogP contribution in [0.25, 0.3) is 0 Å². The van der Waals surface area contributed by atoms with E-state index in [1.54, 1.807) is 23.1 Å². The zero-order valence-electron chi connectivity index (χ0n) is 23.7. The number of aromatic nitrogens is 3. The first-order valence-corrected chi connectivity index (χ1v) is 15.7. The standard InChI is InChI=1S/C33H34N4O3S2/c1-3-29(32(38)39)25-9-12-27(13-10-25)34-21-26-11-14-28(20-30(26)40-17-15-23-7-5-4-6-8-23)42-33-36-35-31(37(33)2)19-24-16-18-41-22-24/h4-14,16,18,20,22,29,34H,3,15,17,19,21H2,1-2H3,(H,38,39). The topological polar surface area (TPSA) is 89.3 Å². The monoisotopic (exact) mass is 598 g/mol. The van der Waals surface area contributed by atoms with Crippen molar-refractivity contribution in [2.45, 2.75) is 48.7 Å². The van der Waals surface area contributed by atoms with Crippen LogP contribution in [-0.4, -0.2) is 32.4 Å². The van der Waals surface area contributed by atoms with Crippen molar-refractivity contribution in [3.8, 4) is 5.75 Å². The van der Waals surface area contributed by atoms with Gasteiger partial charge < -0.3 is 19.7 Å². The highest BCUT2D eigenvalue weighted by atomic mass is 32.2. The molecule has 216 valence electrons. The summed E-state index contributed by atoms with van der Waals surface area (Å²) >= 11 is 3.25. The van der Waals surface area contributed by atoms with Crippen molar-refractivity contribution < 1.29 is 14.6 Å². The highest BCUT2D eigenvalue weighted by Gasteiger charge is 2.17. The molecule has 2 aromatic heterocycles. The van der Waals surface area contributed by atoms with Crippen molar-refractivity contribution in [1.82, 2.24) is 14.8 Å². The van der Waals surface area contributed by atoms with Crippen LogP contribution in [0.3, 0.4) is 0 Å². The fraction of sp³-hybridized carbons (Fsp3) is 0.242. The van der Waals surface area contributed by atoms with Crippen LogP contribution in [0.5, 0.6) is 5.75 Å². The number of aliphatic carboxylic acids is 1. The number of ether oxygens (including phenoxy) is 1. The number of carboxylic acids is 1. The molecule has 2 N–H and O–H groups in total. The third kappa shape index (κ3) is 7.60. The summed E-state index contributed by atoms with van der Waals surface area (Å²) in [7, 11) is 2.00. The molecule has 2 heterocycles. The molecular formula is C33H34N4O3S2. The van der Waals surface area contributed by atoms with Gasteiger partial charge in [-0.2, -0.15) is 11.3 Å². The van der Waals surface area contributed by atoms with Gasteiger partial charge in [-0.05, 0) is 76.0 Å². The number of rotatable bonds is 14. The first-order chi connectivity index (χ1) is 20.5. The molecule has 0 fully saturated rings. The van der Waals surface area contributed by atoms with Gasteiger partial charge in [0.15, 0.2) is 5.16 Å². The van der Waals surface area contributed by atoms with Gasteiger partial charge in [0.25, 0.3) is 0 Å². The Hall–Kier alpha value is -4.08. The van der Waals surface area contributed by atoms with Crippen molar-refractivity contribution in [3.63, 3.8) is 0 Å². The minimum Gasteiger partial charge on any atom is -0.493 e. The van der Waals surface area contributed by atoms with Gasteiger partial charge in [-0.25, -0.2) is 0 Å². The lowest BCUT2D eigenvalue weighted by molar-refractivity contribution is -0.138. The maximum Gasteiger partial charge on any atom is 0.310 e. The minimum atomic E-state index is -0.798. The van der Waals surface area contributed by atoms with Crippen LogP contribution in [0.2, 0.25) is 0 Å². The molecule has 0 saturated heterocycles. The number of thiophene rings is 1. The van der Waals surface area contributed by atoms with Gasteiger partial charge in [0.05, 0.1) is 12.5 Å². The Labute approximate surface area is 254 Å². The summed E-state index contributed by atoms with van der Waals surface area (Å²) in [6.45, 7) is 3.01. The summed E-state index contributed by atoms with van der Waals surface area (Å²) in [5.74, 6) is 0.455. The lowest BCUT2D eigenvalue weighted by atomic mass is 9.96. The van der Waals surface area contributed by atoms with E-state index in [1.807, 2.05) is 61.0 Å². The van der Waals surface area contributed by atoms with Gasteiger partial charge in [-0.1, -0.05) is 55.5 Å². The van der Waals surface area contributed by atoms with Crippen LogP contribution in [0.15, 0.2) is 99.7 Å². The smallest absolute Gasteiger partial charge is 0.310 e. The summed E-state index contributed by atoms with van der Waals surface area (Å²) in [4.78, 5) is 12.6. The second-order valence-corrected chi connectivity index (χ2v) is 11.8. The van der Waals surface area contributed by atoms with Gasteiger partial charge in [0, 0.05) is 42.6 Å². The van der Waals surface area contributed by atoms with Gasteiger partial charge in [-0.15, -0.1) is 10.2 Å². The van der Waals surface area contributed by atoms with Crippen LogP contribution in [0, 0.1) is 0 Å². The Morgan fingerprint density at radius 2 is 1.86 bits per heavy atom. The molecule has 7 nitrogen and oxygen atoms in total. The minimum absolute atomic E-state index is 0.491. The first-order valence-electron chi connectivity index (χ1n) is 13.9. The molecule has 9 heteroatoms. The van der Waals surface area contributed by atoms with E-state index >= 15 is 0 Å². The molecule has 1 atom stereocenters. The van der Waals surface area contributed by atoms with E-state index in [-0.39, 0.29) is 0 Å². The largest absolute Gasteiger partial charge is 0.493 e. The Balaban J connectivity index is 1.30. The Morgan fingerprint density at radius 1 is 1.05 bits per heavy atom. The lowest BCUT2D eigenvalue weighted by Crippen LogP contribution is -2.10. The predicted molar refractivity (Wildman–Crippen MR) is 169 cm³/mol. The maximum absolute atomic E-state index is 11.5. The molecule has 0 aliphatic rings. The highest BCUT2D eigenvalue weighted by Crippen LogP contribution is 2.32. The van der Waals surface area contributed by atoms with Gasteiger partial charge >= 0.3 is 5.97 Å². The van der Waals surface area contributed by atoms with E-state index in [1.165, 1.54) is 11.1 Å². The molecule has 0 bridgehead atoms. The SMILES string of the molecule is CCC(C(=O)O)c1ccc(NCc2ccc(Sc3nnc(Cc4ccsc4)n3C)cc2OCCc2ccccc2)cc1. The van der Waals surface area contributed by atoms with Crippen molar-refractivity contribution in [3.05, 3.63) is 118 Å². The quantitative estimate of drug-likeness (QED) is 0.137. The summed E-state index contributed by atoms with van der Waals surface area (Å²) in [6.07, 6.45) is 2.12. The fourth-order valence-corrected chi connectivity index (χ4v) is 6.16. The van der Waals surface area contributed by atoms with Crippen LogP contribution in [-0.2, 0) is 31.2 Å². The molecule has 0 aliphatic carbocycles. The second-order valence-electron chi connectivity index (χ2n) is 10.00. The molecular weight excluding hydrogens is 565 g/mol.